The molecule has 0 aromatic heterocycles. The van der Waals surface area contributed by atoms with E-state index >= 15 is 0 Å². The Labute approximate surface area is 126 Å². The number of alkyl halides is 3. The number of benzene rings is 2. The molecule has 2 aromatic rings. The Morgan fingerprint density at radius 3 is 2.14 bits per heavy atom. The van der Waals surface area contributed by atoms with Crippen LogP contribution in [0.25, 0.3) is 0 Å². The van der Waals surface area contributed by atoms with Gasteiger partial charge < -0.3 is 10.5 Å². The Morgan fingerprint density at radius 2 is 1.62 bits per heavy atom. The zero-order valence-corrected chi connectivity index (χ0v) is 12.1. The van der Waals surface area contributed by atoms with Gasteiger partial charge in [0.05, 0.1) is 6.04 Å². The molecule has 2 aromatic carbocycles. The van der Waals surface area contributed by atoms with Crippen molar-refractivity contribution < 1.29 is 22.3 Å². The SMILES string of the molecule is N[C@H](c1ccc(OC(F)(F)F)cc1)c1cc(F)cc(Br)c1. The zero-order valence-electron chi connectivity index (χ0n) is 10.5. The Bertz CT molecular complexity index is 608. The summed E-state index contributed by atoms with van der Waals surface area (Å²) in [6.45, 7) is 0. The third kappa shape index (κ3) is 4.44. The second kappa shape index (κ2) is 6.03. The third-order valence-corrected chi connectivity index (χ3v) is 3.17. The van der Waals surface area contributed by atoms with E-state index in [9.17, 15) is 17.6 Å². The lowest BCUT2D eigenvalue weighted by Gasteiger charge is -2.14. The summed E-state index contributed by atoms with van der Waals surface area (Å²) < 4.78 is 53.8. The molecule has 0 bridgehead atoms. The average molecular weight is 364 g/mol. The molecule has 0 unspecified atom stereocenters. The Hall–Kier alpha value is -1.60. The van der Waals surface area contributed by atoms with Gasteiger partial charge in [-0.3, -0.25) is 0 Å². The van der Waals surface area contributed by atoms with Crippen molar-refractivity contribution in [1.29, 1.82) is 0 Å². The van der Waals surface area contributed by atoms with Crippen LogP contribution in [-0.2, 0) is 0 Å². The molecule has 0 amide bonds. The van der Waals surface area contributed by atoms with E-state index in [4.69, 9.17) is 5.73 Å². The average Bonchev–Trinajstić information content (AvgIpc) is 2.35. The molecule has 0 saturated heterocycles. The molecule has 0 saturated carbocycles. The van der Waals surface area contributed by atoms with Gasteiger partial charge in [-0.05, 0) is 41.5 Å². The van der Waals surface area contributed by atoms with E-state index in [-0.39, 0.29) is 5.75 Å². The number of nitrogens with two attached hydrogens (primary N) is 1. The van der Waals surface area contributed by atoms with Crippen LogP contribution in [0.5, 0.6) is 5.75 Å². The second-order valence-corrected chi connectivity index (χ2v) is 5.21. The van der Waals surface area contributed by atoms with E-state index in [0.29, 0.717) is 15.6 Å². The number of hydrogen-bond acceptors (Lipinski definition) is 2. The predicted octanol–water partition coefficient (Wildman–Crippen LogP) is 4.53. The van der Waals surface area contributed by atoms with Crippen molar-refractivity contribution in [2.24, 2.45) is 5.73 Å². The number of hydrogen-bond donors (Lipinski definition) is 1. The number of ether oxygens (including phenoxy) is 1. The van der Waals surface area contributed by atoms with Gasteiger partial charge in [0.2, 0.25) is 0 Å². The lowest BCUT2D eigenvalue weighted by Crippen LogP contribution is -2.17. The molecule has 0 aliphatic heterocycles. The molecule has 1 atom stereocenters. The van der Waals surface area contributed by atoms with E-state index in [0.717, 1.165) is 12.1 Å². The fourth-order valence-electron chi connectivity index (χ4n) is 1.82. The maximum absolute atomic E-state index is 13.3. The van der Waals surface area contributed by atoms with Gasteiger partial charge in [0, 0.05) is 4.47 Å². The smallest absolute Gasteiger partial charge is 0.406 e. The summed E-state index contributed by atoms with van der Waals surface area (Å²) in [5.74, 6) is -0.786. The van der Waals surface area contributed by atoms with Crippen molar-refractivity contribution in [1.82, 2.24) is 0 Å². The van der Waals surface area contributed by atoms with Crippen molar-refractivity contribution >= 4 is 15.9 Å². The third-order valence-electron chi connectivity index (χ3n) is 2.72. The quantitative estimate of drug-likeness (QED) is 0.812. The highest BCUT2D eigenvalue weighted by Crippen LogP contribution is 2.27. The highest BCUT2D eigenvalue weighted by atomic mass is 79.9. The molecular weight excluding hydrogens is 354 g/mol. The maximum atomic E-state index is 13.3. The van der Waals surface area contributed by atoms with Crippen LogP contribution in [-0.4, -0.2) is 6.36 Å². The van der Waals surface area contributed by atoms with Crippen molar-refractivity contribution in [3.05, 3.63) is 63.9 Å². The van der Waals surface area contributed by atoms with Crippen molar-refractivity contribution in [3.63, 3.8) is 0 Å². The monoisotopic (exact) mass is 363 g/mol. The molecule has 0 aliphatic carbocycles. The van der Waals surface area contributed by atoms with E-state index in [1.165, 1.54) is 24.3 Å². The van der Waals surface area contributed by atoms with Crippen LogP contribution in [0.15, 0.2) is 46.9 Å². The van der Waals surface area contributed by atoms with Crippen molar-refractivity contribution in [2.75, 3.05) is 0 Å². The molecule has 21 heavy (non-hydrogen) atoms. The van der Waals surface area contributed by atoms with E-state index in [2.05, 4.69) is 20.7 Å². The first-order valence-corrected chi connectivity index (χ1v) is 6.61. The summed E-state index contributed by atoms with van der Waals surface area (Å²) in [6, 6.07) is 8.69. The number of halogens is 5. The van der Waals surface area contributed by atoms with Crippen LogP contribution in [0, 0.1) is 5.82 Å². The molecule has 2 nitrogen and oxygen atoms in total. The Balaban J connectivity index is 2.21. The molecule has 0 aliphatic rings. The van der Waals surface area contributed by atoms with Crippen LogP contribution in [0.3, 0.4) is 0 Å². The van der Waals surface area contributed by atoms with Crippen LogP contribution in [0.4, 0.5) is 17.6 Å². The molecule has 7 heteroatoms. The summed E-state index contributed by atoms with van der Waals surface area (Å²) in [5.41, 5.74) is 7.03. The fraction of sp³-hybridized carbons (Fsp3) is 0.143. The van der Waals surface area contributed by atoms with Crippen molar-refractivity contribution in [2.45, 2.75) is 12.4 Å². The predicted molar refractivity (Wildman–Crippen MR) is 73.3 cm³/mol. The first-order valence-electron chi connectivity index (χ1n) is 5.82. The van der Waals surface area contributed by atoms with E-state index in [1.807, 2.05) is 0 Å². The standard InChI is InChI=1S/C14H10BrF4NO/c15-10-5-9(6-11(16)7-10)13(20)8-1-3-12(4-2-8)21-14(17,18)19/h1-7,13H,20H2/t13-/m1/s1. The highest BCUT2D eigenvalue weighted by molar-refractivity contribution is 9.10. The van der Waals surface area contributed by atoms with E-state index in [1.54, 1.807) is 6.07 Å². The minimum absolute atomic E-state index is 0.334. The topological polar surface area (TPSA) is 35.2 Å². The van der Waals surface area contributed by atoms with Gasteiger partial charge in [-0.1, -0.05) is 28.1 Å². The Morgan fingerprint density at radius 1 is 1.00 bits per heavy atom. The summed E-state index contributed by atoms with van der Waals surface area (Å²) in [6.07, 6.45) is -4.74. The van der Waals surface area contributed by atoms with Crippen LogP contribution in [0.1, 0.15) is 17.2 Å². The normalized spacial score (nSPS) is 13.0. The van der Waals surface area contributed by atoms with Gasteiger partial charge in [-0.15, -0.1) is 13.2 Å². The maximum Gasteiger partial charge on any atom is 0.573 e. The molecule has 0 fully saturated rings. The summed E-state index contributed by atoms with van der Waals surface area (Å²) in [7, 11) is 0. The molecule has 0 heterocycles. The summed E-state index contributed by atoms with van der Waals surface area (Å²) in [5, 5.41) is 0. The minimum atomic E-state index is -4.74. The molecule has 112 valence electrons. The van der Waals surface area contributed by atoms with Gasteiger partial charge in [0.15, 0.2) is 0 Å². The number of rotatable bonds is 3. The van der Waals surface area contributed by atoms with Crippen LogP contribution < -0.4 is 10.5 Å². The summed E-state index contributed by atoms with van der Waals surface area (Å²) in [4.78, 5) is 0. The first kappa shape index (κ1) is 15.8. The second-order valence-electron chi connectivity index (χ2n) is 4.30. The van der Waals surface area contributed by atoms with Gasteiger partial charge in [-0.25, -0.2) is 4.39 Å². The Kier molecular flexibility index (Phi) is 4.53. The van der Waals surface area contributed by atoms with Gasteiger partial charge in [0.25, 0.3) is 0 Å². The molecule has 0 radical (unpaired) electrons. The van der Waals surface area contributed by atoms with Gasteiger partial charge in [-0.2, -0.15) is 0 Å². The molecule has 0 spiro atoms. The molecular formula is C14H10BrF4NO. The zero-order chi connectivity index (χ0) is 15.6. The van der Waals surface area contributed by atoms with Crippen molar-refractivity contribution in [3.8, 4) is 5.75 Å². The summed E-state index contributed by atoms with van der Waals surface area (Å²) >= 11 is 3.16. The highest BCUT2D eigenvalue weighted by Gasteiger charge is 2.31. The van der Waals surface area contributed by atoms with Crippen LogP contribution in [0.2, 0.25) is 0 Å². The van der Waals surface area contributed by atoms with Crippen LogP contribution >= 0.6 is 15.9 Å². The molecule has 2 N–H and O–H groups in total. The molecule has 2 rings (SSSR count). The lowest BCUT2D eigenvalue weighted by atomic mass is 9.99. The largest absolute Gasteiger partial charge is 0.573 e. The van der Waals surface area contributed by atoms with Gasteiger partial charge >= 0.3 is 6.36 Å². The minimum Gasteiger partial charge on any atom is -0.406 e. The first-order chi connectivity index (χ1) is 9.74. The van der Waals surface area contributed by atoms with E-state index < -0.39 is 18.2 Å². The van der Waals surface area contributed by atoms with Gasteiger partial charge in [0.1, 0.15) is 11.6 Å². The fourth-order valence-corrected chi connectivity index (χ4v) is 2.31. The lowest BCUT2D eigenvalue weighted by molar-refractivity contribution is -0.274.